The number of rotatable bonds is 3. The van der Waals surface area contributed by atoms with Gasteiger partial charge in [0, 0.05) is 0 Å². The summed E-state index contributed by atoms with van der Waals surface area (Å²) >= 11 is 4.70. The molecular weight excluding hydrogens is 224 g/mol. The molecule has 1 aromatic heterocycles. The van der Waals surface area contributed by atoms with Gasteiger partial charge in [0.2, 0.25) is 0 Å². The van der Waals surface area contributed by atoms with Gasteiger partial charge < -0.3 is 5.11 Å². The lowest BCUT2D eigenvalue weighted by atomic mass is 10.6. The summed E-state index contributed by atoms with van der Waals surface area (Å²) in [5, 5.41) is 16.3. The van der Waals surface area contributed by atoms with Crippen molar-refractivity contribution in [1.29, 1.82) is 0 Å². The quantitative estimate of drug-likeness (QED) is 0.629. The van der Waals surface area contributed by atoms with Crippen molar-refractivity contribution in [1.82, 2.24) is 10.2 Å². The lowest BCUT2D eigenvalue weighted by Gasteiger charge is -1.84. The van der Waals surface area contributed by atoms with Crippen LogP contribution in [0.4, 0.5) is 0 Å². The Labute approximate surface area is 89.3 Å². The number of nitrogens with zero attached hydrogens (tertiary/aromatic N) is 2. The van der Waals surface area contributed by atoms with Crippen molar-refractivity contribution in [2.75, 3.05) is 18.6 Å². The lowest BCUT2D eigenvalue weighted by molar-refractivity contribution is 0.350. The number of aliphatic hydroxyl groups is 1. The highest BCUT2D eigenvalue weighted by Crippen LogP contribution is 2.26. The van der Waals surface area contributed by atoms with E-state index in [1.54, 1.807) is 34.9 Å². The Morgan fingerprint density at radius 3 is 2.77 bits per heavy atom. The molecule has 0 aliphatic heterocycles. The average Bonchev–Trinajstić information content (AvgIpc) is 2.60. The summed E-state index contributed by atoms with van der Waals surface area (Å²) in [6.45, 7) is -0.0766. The van der Waals surface area contributed by atoms with Gasteiger partial charge in [0.05, 0.1) is 5.75 Å². The van der Waals surface area contributed by atoms with Crippen molar-refractivity contribution in [3.05, 3.63) is 0 Å². The van der Waals surface area contributed by atoms with Crippen LogP contribution in [0.3, 0.4) is 0 Å². The van der Waals surface area contributed by atoms with Crippen molar-refractivity contribution in [3.63, 3.8) is 0 Å². The monoisotopic (exact) mass is 232 g/mol. The minimum atomic E-state index is -0.0766. The second-order valence-electron chi connectivity index (χ2n) is 1.84. The summed E-state index contributed by atoms with van der Waals surface area (Å²) in [4.78, 5) is 0. The number of aliphatic hydroxyl groups excluding tert-OH is 1. The third-order valence-corrected chi connectivity index (χ3v) is 3.95. The molecule has 1 rings (SSSR count). The molecule has 13 heavy (non-hydrogen) atoms. The van der Waals surface area contributed by atoms with Crippen LogP contribution in [-0.2, 0) is 0 Å². The highest BCUT2D eigenvalue weighted by molar-refractivity contribution is 8.03. The van der Waals surface area contributed by atoms with E-state index >= 15 is 0 Å². The van der Waals surface area contributed by atoms with Gasteiger partial charge in [-0.2, -0.15) is 0 Å². The number of thioether (sulfide) groups is 2. The standard InChI is InChI=1S/C7H8N2OS3/c1-11-6-8-9-7(13-6)12-5-3-2-4-10/h10H,4-5H2,1H3. The van der Waals surface area contributed by atoms with E-state index in [0.717, 1.165) is 8.68 Å². The van der Waals surface area contributed by atoms with Crippen LogP contribution < -0.4 is 0 Å². The molecule has 1 N–H and O–H groups in total. The maximum Gasteiger partial charge on any atom is 0.176 e. The van der Waals surface area contributed by atoms with Crippen LogP contribution >= 0.6 is 34.9 Å². The summed E-state index contributed by atoms with van der Waals surface area (Å²) < 4.78 is 1.90. The van der Waals surface area contributed by atoms with E-state index in [1.807, 2.05) is 6.26 Å². The second kappa shape index (κ2) is 6.27. The van der Waals surface area contributed by atoms with Gasteiger partial charge in [-0.05, 0) is 6.26 Å². The molecule has 1 heterocycles. The topological polar surface area (TPSA) is 46.0 Å². The SMILES string of the molecule is CSc1nnc(SCC#CCO)s1. The Morgan fingerprint density at radius 1 is 1.38 bits per heavy atom. The maximum absolute atomic E-state index is 8.39. The van der Waals surface area contributed by atoms with E-state index in [1.165, 1.54) is 0 Å². The molecular formula is C7H8N2OS3. The summed E-state index contributed by atoms with van der Waals surface area (Å²) in [7, 11) is 0. The molecule has 0 aliphatic carbocycles. The summed E-state index contributed by atoms with van der Waals surface area (Å²) in [6.07, 6.45) is 1.97. The molecule has 0 bridgehead atoms. The Balaban J connectivity index is 2.36. The van der Waals surface area contributed by atoms with E-state index < -0.39 is 0 Å². The third kappa shape index (κ3) is 4.00. The van der Waals surface area contributed by atoms with Crippen LogP contribution in [0.15, 0.2) is 8.68 Å². The minimum Gasteiger partial charge on any atom is -0.384 e. The molecule has 6 heteroatoms. The molecule has 70 valence electrons. The molecule has 0 spiro atoms. The van der Waals surface area contributed by atoms with Gasteiger partial charge in [0.1, 0.15) is 6.61 Å². The van der Waals surface area contributed by atoms with Crippen molar-refractivity contribution >= 4 is 34.9 Å². The van der Waals surface area contributed by atoms with Crippen molar-refractivity contribution < 1.29 is 5.11 Å². The fourth-order valence-electron chi connectivity index (χ4n) is 0.543. The molecule has 0 unspecified atom stereocenters. The van der Waals surface area contributed by atoms with Crippen LogP contribution in [0.25, 0.3) is 0 Å². The largest absolute Gasteiger partial charge is 0.384 e. The van der Waals surface area contributed by atoms with Crippen molar-refractivity contribution in [2.45, 2.75) is 8.68 Å². The first-order chi connectivity index (χ1) is 6.36. The van der Waals surface area contributed by atoms with Gasteiger partial charge in [0.15, 0.2) is 8.68 Å². The zero-order valence-electron chi connectivity index (χ0n) is 6.98. The summed E-state index contributed by atoms with van der Waals surface area (Å²) in [6, 6.07) is 0. The number of aromatic nitrogens is 2. The zero-order chi connectivity index (χ0) is 9.52. The van der Waals surface area contributed by atoms with Crippen molar-refractivity contribution in [2.24, 2.45) is 0 Å². The molecule has 0 aliphatic rings. The van der Waals surface area contributed by atoms with E-state index in [9.17, 15) is 0 Å². The predicted molar refractivity (Wildman–Crippen MR) is 57.3 cm³/mol. The van der Waals surface area contributed by atoms with Crippen LogP contribution in [-0.4, -0.2) is 33.9 Å². The Kier molecular flexibility index (Phi) is 5.23. The normalized spacial score (nSPS) is 9.38. The van der Waals surface area contributed by atoms with Gasteiger partial charge in [0.25, 0.3) is 0 Å². The molecule has 0 fully saturated rings. The Hall–Kier alpha value is -0.220. The Bertz CT molecular complexity index is 315. The van der Waals surface area contributed by atoms with Gasteiger partial charge in [-0.25, -0.2) is 0 Å². The zero-order valence-corrected chi connectivity index (χ0v) is 9.43. The molecule has 0 radical (unpaired) electrons. The van der Waals surface area contributed by atoms with Crippen LogP contribution in [0.5, 0.6) is 0 Å². The fourth-order valence-corrected chi connectivity index (χ4v) is 2.75. The highest BCUT2D eigenvalue weighted by atomic mass is 32.2. The minimum absolute atomic E-state index is 0.0766. The molecule has 0 saturated carbocycles. The van der Waals surface area contributed by atoms with Gasteiger partial charge in [-0.1, -0.05) is 46.7 Å². The van der Waals surface area contributed by atoms with E-state index in [0.29, 0.717) is 5.75 Å². The third-order valence-electron chi connectivity index (χ3n) is 1.03. The molecule has 0 amide bonds. The molecule has 0 saturated heterocycles. The van der Waals surface area contributed by atoms with Gasteiger partial charge >= 0.3 is 0 Å². The van der Waals surface area contributed by atoms with Crippen LogP contribution in [0.2, 0.25) is 0 Å². The molecule has 3 nitrogen and oxygen atoms in total. The highest BCUT2D eigenvalue weighted by Gasteiger charge is 2.01. The smallest absolute Gasteiger partial charge is 0.176 e. The van der Waals surface area contributed by atoms with E-state index in [-0.39, 0.29) is 6.61 Å². The molecule has 0 atom stereocenters. The first-order valence-corrected chi connectivity index (χ1v) is 6.46. The lowest BCUT2D eigenvalue weighted by Crippen LogP contribution is -1.76. The van der Waals surface area contributed by atoms with Crippen LogP contribution in [0.1, 0.15) is 0 Å². The van der Waals surface area contributed by atoms with E-state index in [4.69, 9.17) is 5.11 Å². The summed E-state index contributed by atoms with van der Waals surface area (Å²) in [5.74, 6) is 6.04. The van der Waals surface area contributed by atoms with Gasteiger partial charge in [-0.15, -0.1) is 10.2 Å². The van der Waals surface area contributed by atoms with E-state index in [2.05, 4.69) is 22.0 Å². The first-order valence-electron chi connectivity index (χ1n) is 3.43. The van der Waals surface area contributed by atoms with Crippen LogP contribution in [0, 0.1) is 11.8 Å². The first kappa shape index (κ1) is 10.9. The predicted octanol–water partition coefficient (Wildman–Crippen LogP) is 1.35. The average molecular weight is 232 g/mol. The van der Waals surface area contributed by atoms with Crippen molar-refractivity contribution in [3.8, 4) is 11.8 Å². The molecule has 0 aromatic carbocycles. The second-order valence-corrected chi connectivity index (χ2v) is 5.09. The fraction of sp³-hybridized carbons (Fsp3) is 0.429. The van der Waals surface area contributed by atoms with Gasteiger partial charge in [-0.3, -0.25) is 0 Å². The maximum atomic E-state index is 8.39. The number of hydrogen-bond acceptors (Lipinski definition) is 6. The molecule has 1 aromatic rings. The Morgan fingerprint density at radius 2 is 2.15 bits per heavy atom. The number of hydrogen-bond donors (Lipinski definition) is 1. The summed E-state index contributed by atoms with van der Waals surface area (Å²) in [5.41, 5.74) is 0.